The Labute approximate surface area is 84.1 Å². The van der Waals surface area contributed by atoms with E-state index in [9.17, 15) is 4.39 Å². The maximum absolute atomic E-state index is 13.5. The highest BCUT2D eigenvalue weighted by Crippen LogP contribution is 2.34. The number of benzene rings is 1. The lowest BCUT2D eigenvalue weighted by Crippen LogP contribution is -2.28. The van der Waals surface area contributed by atoms with E-state index in [0.717, 1.165) is 30.4 Å². The van der Waals surface area contributed by atoms with Crippen LogP contribution in [0.15, 0.2) is 18.2 Å². The lowest BCUT2D eigenvalue weighted by atomic mass is 9.79. The second-order valence-corrected chi connectivity index (χ2v) is 4.17. The molecule has 1 aromatic rings. The summed E-state index contributed by atoms with van der Waals surface area (Å²) in [7, 11) is 0. The van der Waals surface area contributed by atoms with Crippen LogP contribution in [0.5, 0.6) is 0 Å². The summed E-state index contributed by atoms with van der Waals surface area (Å²) in [5.41, 5.74) is 7.93. The number of hydrogen-bond donors (Lipinski definition) is 1. The summed E-state index contributed by atoms with van der Waals surface area (Å²) in [6.07, 6.45) is 3.01. The zero-order chi connectivity index (χ0) is 10.1. The molecule has 0 aromatic heterocycles. The van der Waals surface area contributed by atoms with Crippen LogP contribution in [0.1, 0.15) is 36.8 Å². The summed E-state index contributed by atoms with van der Waals surface area (Å²) in [6.45, 7) is 2.00. The largest absolute Gasteiger partial charge is 0.327 e. The van der Waals surface area contributed by atoms with Gasteiger partial charge in [0.05, 0.1) is 0 Å². The van der Waals surface area contributed by atoms with Gasteiger partial charge in [0, 0.05) is 6.04 Å². The van der Waals surface area contributed by atoms with Crippen molar-refractivity contribution in [1.82, 2.24) is 0 Å². The molecule has 0 bridgehead atoms. The first-order chi connectivity index (χ1) is 6.70. The normalized spacial score (nSPS) is 22.9. The second-order valence-electron chi connectivity index (χ2n) is 4.17. The third kappa shape index (κ3) is 1.55. The van der Waals surface area contributed by atoms with Gasteiger partial charge in [-0.3, -0.25) is 0 Å². The van der Waals surface area contributed by atoms with Crippen molar-refractivity contribution >= 4 is 0 Å². The molecule has 0 aliphatic heterocycles. The van der Waals surface area contributed by atoms with Gasteiger partial charge < -0.3 is 5.73 Å². The van der Waals surface area contributed by atoms with Gasteiger partial charge in [-0.15, -0.1) is 0 Å². The first kappa shape index (κ1) is 9.66. The molecule has 1 aromatic carbocycles. The van der Waals surface area contributed by atoms with E-state index in [-0.39, 0.29) is 11.9 Å². The van der Waals surface area contributed by atoms with E-state index in [1.807, 2.05) is 13.0 Å². The molecule has 2 heteroatoms. The molecular weight excluding hydrogens is 177 g/mol. The topological polar surface area (TPSA) is 26.0 Å². The van der Waals surface area contributed by atoms with Crippen molar-refractivity contribution in [3.05, 3.63) is 35.1 Å². The standard InChI is InChI=1S/C12H16FN/c1-8(14)9-4-2-6-11-10(9)5-3-7-12(11)13/h3,5,7-9H,2,4,6,14H2,1H3. The molecule has 2 atom stereocenters. The molecule has 1 aliphatic carbocycles. The van der Waals surface area contributed by atoms with E-state index < -0.39 is 0 Å². The summed E-state index contributed by atoms with van der Waals surface area (Å²) in [5, 5.41) is 0. The van der Waals surface area contributed by atoms with Crippen LogP contribution in [-0.2, 0) is 6.42 Å². The summed E-state index contributed by atoms with van der Waals surface area (Å²) in [6, 6.07) is 5.47. The first-order valence-corrected chi connectivity index (χ1v) is 5.23. The van der Waals surface area contributed by atoms with E-state index in [0.29, 0.717) is 5.92 Å². The van der Waals surface area contributed by atoms with Crippen molar-refractivity contribution in [2.45, 2.75) is 38.1 Å². The van der Waals surface area contributed by atoms with Crippen LogP contribution in [0.25, 0.3) is 0 Å². The van der Waals surface area contributed by atoms with Crippen LogP contribution in [0, 0.1) is 5.82 Å². The quantitative estimate of drug-likeness (QED) is 0.729. The highest BCUT2D eigenvalue weighted by Gasteiger charge is 2.24. The molecule has 76 valence electrons. The Morgan fingerprint density at radius 2 is 2.29 bits per heavy atom. The van der Waals surface area contributed by atoms with Crippen LogP contribution in [0.3, 0.4) is 0 Å². The maximum atomic E-state index is 13.5. The van der Waals surface area contributed by atoms with Crippen LogP contribution < -0.4 is 5.73 Å². The van der Waals surface area contributed by atoms with Crippen molar-refractivity contribution in [2.24, 2.45) is 5.73 Å². The smallest absolute Gasteiger partial charge is 0.126 e. The Balaban J connectivity index is 2.44. The van der Waals surface area contributed by atoms with Gasteiger partial charge in [0.1, 0.15) is 5.82 Å². The summed E-state index contributed by atoms with van der Waals surface area (Å²) in [4.78, 5) is 0. The fourth-order valence-corrected chi connectivity index (χ4v) is 2.39. The van der Waals surface area contributed by atoms with Gasteiger partial charge in [0.25, 0.3) is 0 Å². The molecule has 0 saturated carbocycles. The molecule has 14 heavy (non-hydrogen) atoms. The van der Waals surface area contributed by atoms with Gasteiger partial charge in [-0.05, 0) is 49.3 Å². The van der Waals surface area contributed by atoms with E-state index in [2.05, 4.69) is 0 Å². The second kappa shape index (κ2) is 3.70. The lowest BCUT2D eigenvalue weighted by Gasteiger charge is -2.28. The van der Waals surface area contributed by atoms with Crippen molar-refractivity contribution < 1.29 is 4.39 Å². The Hall–Kier alpha value is -0.890. The minimum atomic E-state index is -0.0622. The third-order valence-corrected chi connectivity index (χ3v) is 3.13. The van der Waals surface area contributed by atoms with Crippen molar-refractivity contribution in [1.29, 1.82) is 0 Å². The summed E-state index contributed by atoms with van der Waals surface area (Å²) in [5.74, 6) is 0.280. The third-order valence-electron chi connectivity index (χ3n) is 3.13. The zero-order valence-electron chi connectivity index (χ0n) is 8.46. The van der Waals surface area contributed by atoms with Gasteiger partial charge in [-0.2, -0.15) is 0 Å². The number of rotatable bonds is 1. The first-order valence-electron chi connectivity index (χ1n) is 5.23. The van der Waals surface area contributed by atoms with E-state index in [4.69, 9.17) is 5.73 Å². The summed E-state index contributed by atoms with van der Waals surface area (Å²) >= 11 is 0. The molecule has 2 unspecified atom stereocenters. The predicted molar refractivity (Wildman–Crippen MR) is 55.7 cm³/mol. The van der Waals surface area contributed by atoms with Crippen LogP contribution in [-0.4, -0.2) is 6.04 Å². The Bertz CT molecular complexity index is 333. The molecule has 0 amide bonds. The van der Waals surface area contributed by atoms with Crippen LogP contribution in [0.2, 0.25) is 0 Å². The van der Waals surface area contributed by atoms with Gasteiger partial charge in [-0.25, -0.2) is 4.39 Å². The minimum absolute atomic E-state index is 0.0622. The van der Waals surface area contributed by atoms with Gasteiger partial charge >= 0.3 is 0 Å². The van der Waals surface area contributed by atoms with Gasteiger partial charge in [-0.1, -0.05) is 12.1 Å². The molecule has 0 fully saturated rings. The molecule has 2 N–H and O–H groups in total. The van der Waals surface area contributed by atoms with E-state index in [1.54, 1.807) is 12.1 Å². The predicted octanol–water partition coefficient (Wildman–Crippen LogP) is 2.59. The van der Waals surface area contributed by atoms with Gasteiger partial charge in [0.2, 0.25) is 0 Å². The molecule has 1 nitrogen and oxygen atoms in total. The summed E-state index contributed by atoms with van der Waals surface area (Å²) < 4.78 is 13.5. The Morgan fingerprint density at radius 1 is 1.50 bits per heavy atom. The average Bonchev–Trinajstić information content (AvgIpc) is 2.17. The maximum Gasteiger partial charge on any atom is 0.126 e. The highest BCUT2D eigenvalue weighted by atomic mass is 19.1. The SMILES string of the molecule is CC(N)C1CCCc2c(F)cccc21. The van der Waals surface area contributed by atoms with Crippen LogP contribution in [0.4, 0.5) is 4.39 Å². The van der Waals surface area contributed by atoms with Gasteiger partial charge in [0.15, 0.2) is 0 Å². The molecule has 1 aliphatic rings. The van der Waals surface area contributed by atoms with Crippen molar-refractivity contribution in [2.75, 3.05) is 0 Å². The molecular formula is C12H16FN. The van der Waals surface area contributed by atoms with E-state index >= 15 is 0 Å². The zero-order valence-corrected chi connectivity index (χ0v) is 8.46. The number of fused-ring (bicyclic) bond motifs is 1. The van der Waals surface area contributed by atoms with E-state index in [1.165, 1.54) is 0 Å². The number of halogens is 1. The number of nitrogens with two attached hydrogens (primary N) is 1. The molecule has 0 radical (unpaired) electrons. The Kier molecular flexibility index (Phi) is 2.55. The number of hydrogen-bond acceptors (Lipinski definition) is 1. The van der Waals surface area contributed by atoms with Crippen molar-refractivity contribution in [3.63, 3.8) is 0 Å². The van der Waals surface area contributed by atoms with Crippen molar-refractivity contribution in [3.8, 4) is 0 Å². The average molecular weight is 193 g/mol. The monoisotopic (exact) mass is 193 g/mol. The fraction of sp³-hybridized carbons (Fsp3) is 0.500. The molecule has 0 saturated heterocycles. The molecule has 2 rings (SSSR count). The van der Waals surface area contributed by atoms with Crippen LogP contribution >= 0.6 is 0 Å². The fourth-order valence-electron chi connectivity index (χ4n) is 2.39. The molecule has 0 heterocycles. The molecule has 0 spiro atoms. The minimum Gasteiger partial charge on any atom is -0.327 e. The lowest BCUT2D eigenvalue weighted by molar-refractivity contribution is 0.470. The highest BCUT2D eigenvalue weighted by molar-refractivity contribution is 5.34. The Morgan fingerprint density at radius 3 is 3.00 bits per heavy atom.